The number of carbonyl (C=O) groups is 3. The number of carboxylic acid groups (broad SMARTS) is 1. The summed E-state index contributed by atoms with van der Waals surface area (Å²) >= 11 is 1.53. The number of hydrogen-bond donors (Lipinski definition) is 2. The molecule has 3 unspecified atom stereocenters. The van der Waals surface area contributed by atoms with Crippen molar-refractivity contribution in [2.45, 2.75) is 58.2 Å². The van der Waals surface area contributed by atoms with Crippen LogP contribution in [0.15, 0.2) is 42.0 Å². The fraction of sp³-hybridized carbons (Fsp3) is 0.407. The van der Waals surface area contributed by atoms with Crippen molar-refractivity contribution in [1.82, 2.24) is 25.0 Å². The third-order valence-electron chi connectivity index (χ3n) is 6.75. The van der Waals surface area contributed by atoms with Gasteiger partial charge in [-0.1, -0.05) is 38.1 Å². The summed E-state index contributed by atoms with van der Waals surface area (Å²) < 4.78 is 1.48. The molecule has 3 atom stereocenters. The molecule has 10 nitrogen and oxygen atoms in total. The van der Waals surface area contributed by atoms with Crippen LogP contribution in [-0.4, -0.2) is 55.1 Å². The summed E-state index contributed by atoms with van der Waals surface area (Å²) in [5.74, 6) is -1.79. The van der Waals surface area contributed by atoms with Crippen LogP contribution in [0.25, 0.3) is 10.4 Å². The van der Waals surface area contributed by atoms with Gasteiger partial charge < -0.3 is 15.3 Å². The van der Waals surface area contributed by atoms with E-state index >= 15 is 0 Å². The lowest BCUT2D eigenvalue weighted by molar-refractivity contribution is -0.143. The molecule has 198 valence electrons. The highest BCUT2D eigenvalue weighted by Gasteiger charge is 2.39. The summed E-state index contributed by atoms with van der Waals surface area (Å²) in [6, 6.07) is 8.82. The van der Waals surface area contributed by atoms with Crippen LogP contribution in [0.3, 0.4) is 0 Å². The highest BCUT2D eigenvalue weighted by Crippen LogP contribution is 2.30. The summed E-state index contributed by atoms with van der Waals surface area (Å²) in [6.45, 7) is 6.13. The van der Waals surface area contributed by atoms with Crippen molar-refractivity contribution in [2.24, 2.45) is 5.92 Å². The smallest absolute Gasteiger partial charge is 0.305 e. The molecule has 0 saturated carbocycles. The van der Waals surface area contributed by atoms with Crippen LogP contribution < -0.4 is 5.32 Å². The molecule has 0 spiro atoms. The number of likely N-dealkylation sites (tertiary alicyclic amines) is 1. The number of benzene rings is 1. The number of nitrogens with zero attached hydrogens (tertiary/aromatic N) is 5. The minimum Gasteiger partial charge on any atom is -0.481 e. The lowest BCUT2D eigenvalue weighted by Gasteiger charge is -2.31. The first-order valence-electron chi connectivity index (χ1n) is 12.5. The molecule has 4 rings (SSSR count). The van der Waals surface area contributed by atoms with E-state index in [0.717, 1.165) is 16.1 Å². The zero-order valence-corrected chi connectivity index (χ0v) is 22.3. The van der Waals surface area contributed by atoms with E-state index in [-0.39, 0.29) is 29.8 Å². The van der Waals surface area contributed by atoms with Crippen molar-refractivity contribution in [3.8, 4) is 16.5 Å². The zero-order chi connectivity index (χ0) is 27.4. The van der Waals surface area contributed by atoms with Gasteiger partial charge in [0.2, 0.25) is 11.8 Å². The fourth-order valence-electron chi connectivity index (χ4n) is 4.87. The molecule has 1 aliphatic rings. The average molecular weight is 535 g/mol. The Kier molecular flexibility index (Phi) is 8.22. The highest BCUT2D eigenvalue weighted by molar-refractivity contribution is 7.13. The lowest BCUT2D eigenvalue weighted by atomic mass is 10.00. The molecule has 0 aliphatic carbocycles. The van der Waals surface area contributed by atoms with Gasteiger partial charge in [-0.3, -0.25) is 19.1 Å². The van der Waals surface area contributed by atoms with Crippen molar-refractivity contribution >= 4 is 29.1 Å². The molecule has 3 aromatic rings. The topological polar surface area (TPSA) is 141 Å². The van der Waals surface area contributed by atoms with Gasteiger partial charge in [-0.15, -0.1) is 11.3 Å². The van der Waals surface area contributed by atoms with Gasteiger partial charge in [0, 0.05) is 12.7 Å². The Balaban J connectivity index is 1.52. The lowest BCUT2D eigenvalue weighted by Crippen LogP contribution is -2.49. The number of carboxylic acids is 1. The molecule has 1 fully saturated rings. The van der Waals surface area contributed by atoms with E-state index in [1.807, 2.05) is 51.1 Å². The second-order valence-corrected chi connectivity index (χ2v) is 10.6. The molecule has 2 amide bonds. The number of nitrogens with one attached hydrogen (secondary N) is 1. The van der Waals surface area contributed by atoms with E-state index in [4.69, 9.17) is 5.26 Å². The second kappa shape index (κ2) is 11.6. The number of thiazole rings is 1. The maximum Gasteiger partial charge on any atom is 0.305 e. The van der Waals surface area contributed by atoms with Crippen molar-refractivity contribution < 1.29 is 19.5 Å². The molecule has 11 heteroatoms. The van der Waals surface area contributed by atoms with Crippen LogP contribution in [-0.2, 0) is 14.4 Å². The van der Waals surface area contributed by atoms with Gasteiger partial charge >= 0.3 is 5.97 Å². The van der Waals surface area contributed by atoms with E-state index in [2.05, 4.69) is 15.4 Å². The third kappa shape index (κ3) is 5.75. The Hall–Kier alpha value is -4.04. The maximum atomic E-state index is 13.6. The normalized spacial score (nSPS) is 16.7. The molecule has 2 N–H and O–H groups in total. The molecular formula is C27H30N6O4S. The van der Waals surface area contributed by atoms with Gasteiger partial charge in [-0.2, -0.15) is 10.4 Å². The van der Waals surface area contributed by atoms with Crippen LogP contribution in [0.2, 0.25) is 0 Å². The Morgan fingerprint density at radius 1 is 1.24 bits per heavy atom. The van der Waals surface area contributed by atoms with Crippen molar-refractivity contribution in [3.63, 3.8) is 0 Å². The monoisotopic (exact) mass is 534 g/mol. The first-order valence-corrected chi connectivity index (χ1v) is 13.4. The molecule has 1 aromatic carbocycles. The molecule has 3 heterocycles. The number of aromatic nitrogens is 3. The summed E-state index contributed by atoms with van der Waals surface area (Å²) in [5.41, 5.74) is 4.55. The number of amides is 2. The highest BCUT2D eigenvalue weighted by atomic mass is 32.1. The molecule has 38 heavy (non-hydrogen) atoms. The Morgan fingerprint density at radius 2 is 1.97 bits per heavy atom. The van der Waals surface area contributed by atoms with Crippen LogP contribution in [0.4, 0.5) is 0 Å². The largest absolute Gasteiger partial charge is 0.481 e. The van der Waals surface area contributed by atoms with E-state index < -0.39 is 24.1 Å². The maximum absolute atomic E-state index is 13.6. The number of hydrogen-bond acceptors (Lipinski definition) is 7. The van der Waals surface area contributed by atoms with E-state index in [1.165, 1.54) is 16.0 Å². The van der Waals surface area contributed by atoms with Crippen molar-refractivity contribution in [1.29, 1.82) is 5.26 Å². The summed E-state index contributed by atoms with van der Waals surface area (Å²) in [6.07, 6.45) is 2.45. The van der Waals surface area contributed by atoms with Crippen LogP contribution in [0.1, 0.15) is 62.1 Å². The first-order chi connectivity index (χ1) is 18.2. The number of aliphatic carboxylic acids is 1. The zero-order valence-electron chi connectivity index (χ0n) is 21.5. The SMILES string of the molecule is Cc1ncsc1-c1ccc(C(CC(=O)O)NC(=O)C2CCCN2C(=O)C(C(C)C)n2ccc(C#N)n2)cc1. The first kappa shape index (κ1) is 27.0. The van der Waals surface area contributed by atoms with E-state index in [9.17, 15) is 19.5 Å². The number of nitriles is 1. The summed E-state index contributed by atoms with van der Waals surface area (Å²) in [4.78, 5) is 45.6. The quantitative estimate of drug-likeness (QED) is 0.426. The van der Waals surface area contributed by atoms with Gasteiger partial charge in [0.25, 0.3) is 0 Å². The van der Waals surface area contributed by atoms with Crippen LogP contribution in [0.5, 0.6) is 0 Å². The predicted octanol–water partition coefficient (Wildman–Crippen LogP) is 3.71. The molecular weight excluding hydrogens is 504 g/mol. The predicted molar refractivity (Wildman–Crippen MR) is 141 cm³/mol. The fourth-order valence-corrected chi connectivity index (χ4v) is 5.68. The summed E-state index contributed by atoms with van der Waals surface area (Å²) in [7, 11) is 0. The van der Waals surface area contributed by atoms with E-state index in [0.29, 0.717) is 24.9 Å². The number of aryl methyl sites for hydroxylation is 1. The van der Waals surface area contributed by atoms with E-state index in [1.54, 1.807) is 22.7 Å². The number of carbonyl (C=O) groups excluding carboxylic acids is 2. The molecule has 0 radical (unpaired) electrons. The van der Waals surface area contributed by atoms with Crippen molar-refractivity contribution in [2.75, 3.05) is 6.54 Å². The van der Waals surface area contributed by atoms with Gasteiger partial charge in [-0.05, 0) is 42.9 Å². The number of rotatable bonds is 9. The standard InChI is InChI=1S/C27H30N6O4S/c1-16(2)24(33-12-10-20(14-28)31-33)27(37)32-11-4-5-22(32)26(36)30-21(13-23(34)35)18-6-8-19(9-7-18)25-17(3)29-15-38-25/h6-10,12,15-16,21-22,24H,4-5,11,13H2,1-3H3,(H,30,36)(H,34,35). The Morgan fingerprint density at radius 3 is 2.55 bits per heavy atom. The second-order valence-electron chi connectivity index (χ2n) is 9.72. The molecule has 0 bridgehead atoms. The van der Waals surface area contributed by atoms with Crippen molar-refractivity contribution in [3.05, 3.63) is 59.0 Å². The Bertz CT molecular complexity index is 1360. The minimum atomic E-state index is -1.04. The summed E-state index contributed by atoms with van der Waals surface area (Å²) in [5, 5.41) is 25.8. The van der Waals surface area contributed by atoms with Crippen LogP contribution >= 0.6 is 11.3 Å². The molecule has 1 saturated heterocycles. The van der Waals surface area contributed by atoms with Gasteiger partial charge in [0.05, 0.1) is 28.5 Å². The van der Waals surface area contributed by atoms with Crippen LogP contribution in [0, 0.1) is 24.2 Å². The van der Waals surface area contributed by atoms with Gasteiger partial charge in [0.15, 0.2) is 5.69 Å². The van der Waals surface area contributed by atoms with Gasteiger partial charge in [-0.25, -0.2) is 4.98 Å². The average Bonchev–Trinajstić information content (AvgIpc) is 3.64. The van der Waals surface area contributed by atoms with Gasteiger partial charge in [0.1, 0.15) is 18.2 Å². The molecule has 2 aromatic heterocycles. The third-order valence-corrected chi connectivity index (χ3v) is 7.72. The molecule has 1 aliphatic heterocycles. The Labute approximate surface area is 224 Å². The minimum absolute atomic E-state index is 0.126.